The second-order valence-corrected chi connectivity index (χ2v) is 12.8. The predicted molar refractivity (Wildman–Crippen MR) is 135 cm³/mol. The Labute approximate surface area is 235 Å². The predicted octanol–water partition coefficient (Wildman–Crippen LogP) is 2.58. The Morgan fingerprint density at radius 1 is 1.18 bits per heavy atom. The van der Waals surface area contributed by atoms with Crippen molar-refractivity contribution in [3.8, 4) is 0 Å². The van der Waals surface area contributed by atoms with Crippen LogP contribution in [0.5, 0.6) is 0 Å². The van der Waals surface area contributed by atoms with Crippen molar-refractivity contribution in [2.75, 3.05) is 6.61 Å². The largest absolute Gasteiger partial charge is 0.454 e. The van der Waals surface area contributed by atoms with Gasteiger partial charge in [0.1, 0.15) is 17.2 Å². The second kappa shape index (κ2) is 10.4. The van der Waals surface area contributed by atoms with Crippen molar-refractivity contribution in [2.45, 2.75) is 85.9 Å². The monoisotopic (exact) mass is 593 g/mol. The van der Waals surface area contributed by atoms with Gasteiger partial charge in [0.15, 0.2) is 11.9 Å². The van der Waals surface area contributed by atoms with Crippen molar-refractivity contribution in [2.24, 2.45) is 5.92 Å². The molecular formula is C25H30Cl3NO9. The van der Waals surface area contributed by atoms with Crippen LogP contribution in [0.15, 0.2) is 30.3 Å². The summed E-state index contributed by atoms with van der Waals surface area (Å²) in [5, 5.41) is 14.2. The van der Waals surface area contributed by atoms with Gasteiger partial charge in [0.05, 0.1) is 19.3 Å². The number of carbonyl (C=O) groups is 3. The Kier molecular flexibility index (Phi) is 8.02. The molecule has 7 atom stereocenters. The first kappa shape index (κ1) is 29.3. The summed E-state index contributed by atoms with van der Waals surface area (Å²) in [6, 6.07) is 9.08. The summed E-state index contributed by atoms with van der Waals surface area (Å²) in [6.45, 7) is 6.03. The molecule has 1 aromatic carbocycles. The molecule has 1 aromatic rings. The maximum atomic E-state index is 13.4. The van der Waals surface area contributed by atoms with E-state index < -0.39 is 68.9 Å². The lowest BCUT2D eigenvalue weighted by molar-refractivity contribution is -0.283. The number of alkyl halides is 3. The molecule has 1 unspecified atom stereocenters. The Morgan fingerprint density at radius 2 is 1.84 bits per heavy atom. The molecule has 3 aliphatic rings. The standard InChI is InChI=1S/C25H30Cl3NO9/c1-13(30)36-19-20(31)37-17-18(34-11-14-8-6-5-7-9-14)24(19,29-21(32)25(26,27)28)15(10-23(17,4)33)16-12-35-22(2,3)38-16/h5-9,15-19,33H,10-12H2,1-4H3,(H,29,32)/t15-,16-,17+,18?,19-,23+,24-/m1/s1. The van der Waals surface area contributed by atoms with Crippen LogP contribution in [0.4, 0.5) is 0 Å². The van der Waals surface area contributed by atoms with Gasteiger partial charge in [-0.2, -0.15) is 0 Å². The maximum Gasteiger partial charge on any atom is 0.350 e. The van der Waals surface area contributed by atoms with Gasteiger partial charge in [0.25, 0.3) is 9.70 Å². The number of carbonyl (C=O) groups excluding carboxylic acids is 3. The first-order valence-corrected chi connectivity index (χ1v) is 13.2. The van der Waals surface area contributed by atoms with E-state index in [1.165, 1.54) is 6.92 Å². The minimum absolute atomic E-state index is 0.00590. The minimum Gasteiger partial charge on any atom is -0.454 e. The van der Waals surface area contributed by atoms with E-state index in [-0.39, 0.29) is 19.6 Å². The van der Waals surface area contributed by atoms with Gasteiger partial charge in [0.2, 0.25) is 6.10 Å². The second-order valence-electron chi connectivity index (χ2n) is 10.5. The molecule has 1 aliphatic carbocycles. The van der Waals surface area contributed by atoms with Gasteiger partial charge in [-0.1, -0.05) is 65.1 Å². The highest BCUT2D eigenvalue weighted by atomic mass is 35.6. The van der Waals surface area contributed by atoms with E-state index in [0.29, 0.717) is 0 Å². The average Bonchev–Trinajstić information content (AvgIpc) is 3.17. The highest BCUT2D eigenvalue weighted by Crippen LogP contribution is 2.52. The van der Waals surface area contributed by atoms with Gasteiger partial charge < -0.3 is 34.1 Å². The minimum atomic E-state index is -2.45. The number of ether oxygens (including phenoxy) is 5. The van der Waals surface area contributed by atoms with Crippen LogP contribution in [0.3, 0.4) is 0 Å². The Bertz CT molecular complexity index is 1080. The molecule has 2 aliphatic heterocycles. The highest BCUT2D eigenvalue weighted by molar-refractivity contribution is 6.76. The molecule has 0 spiro atoms. The van der Waals surface area contributed by atoms with Crippen LogP contribution in [0.1, 0.15) is 39.7 Å². The molecule has 1 amide bonds. The van der Waals surface area contributed by atoms with Crippen LogP contribution in [0.25, 0.3) is 0 Å². The summed E-state index contributed by atoms with van der Waals surface area (Å²) in [4.78, 5) is 38.9. The zero-order valence-corrected chi connectivity index (χ0v) is 23.5. The number of hydrogen-bond acceptors (Lipinski definition) is 9. The van der Waals surface area contributed by atoms with Gasteiger partial charge in [-0.05, 0) is 32.8 Å². The normalized spacial score (nSPS) is 36.3. The summed E-state index contributed by atoms with van der Waals surface area (Å²) < 4.78 is 26.9. The smallest absolute Gasteiger partial charge is 0.350 e. The molecule has 13 heteroatoms. The van der Waals surface area contributed by atoms with E-state index in [1.54, 1.807) is 13.8 Å². The van der Waals surface area contributed by atoms with Crippen molar-refractivity contribution < 1.29 is 43.2 Å². The summed E-state index contributed by atoms with van der Waals surface area (Å²) in [5.41, 5.74) is -2.77. The van der Waals surface area contributed by atoms with Crippen LogP contribution in [0.2, 0.25) is 0 Å². The van der Waals surface area contributed by atoms with E-state index in [0.717, 1.165) is 12.5 Å². The SMILES string of the molecule is CC(=O)O[C@@H]1C(=O)O[C@H]2C(OCc3ccccc3)[C@]1(NC(=O)C(Cl)(Cl)Cl)[C@@H]([C@H]1COC(C)(C)O1)C[C@]2(C)O. The Morgan fingerprint density at radius 3 is 2.39 bits per heavy atom. The topological polar surface area (TPSA) is 130 Å². The van der Waals surface area contributed by atoms with Crippen LogP contribution in [0, 0.1) is 5.92 Å². The third kappa shape index (κ3) is 5.63. The lowest BCUT2D eigenvalue weighted by Gasteiger charge is -2.61. The van der Waals surface area contributed by atoms with Crippen molar-refractivity contribution in [3.63, 3.8) is 0 Å². The summed E-state index contributed by atoms with van der Waals surface area (Å²) in [5.74, 6) is -4.86. The van der Waals surface area contributed by atoms with Crippen LogP contribution >= 0.6 is 34.8 Å². The fourth-order valence-corrected chi connectivity index (χ4v) is 5.72. The zero-order valence-electron chi connectivity index (χ0n) is 21.2. The van der Waals surface area contributed by atoms with E-state index in [4.69, 9.17) is 58.5 Å². The van der Waals surface area contributed by atoms with E-state index in [9.17, 15) is 19.5 Å². The lowest BCUT2D eigenvalue weighted by Crippen LogP contribution is -2.84. The molecule has 10 nitrogen and oxygen atoms in total. The molecule has 38 heavy (non-hydrogen) atoms. The molecule has 2 saturated heterocycles. The summed E-state index contributed by atoms with van der Waals surface area (Å²) in [7, 11) is 0. The number of nitrogens with one attached hydrogen (secondary N) is 1. The Balaban J connectivity index is 1.90. The molecular weight excluding hydrogens is 565 g/mol. The van der Waals surface area contributed by atoms with Gasteiger partial charge in [-0.15, -0.1) is 0 Å². The molecule has 0 aromatic heterocycles. The Hall–Kier alpha value is -1.66. The number of aliphatic hydroxyl groups is 1. The van der Waals surface area contributed by atoms with E-state index in [1.807, 2.05) is 30.3 Å². The number of amides is 1. The first-order valence-electron chi connectivity index (χ1n) is 12.0. The van der Waals surface area contributed by atoms with Gasteiger partial charge in [0, 0.05) is 12.8 Å². The zero-order chi connectivity index (χ0) is 28.1. The first-order chi connectivity index (χ1) is 17.6. The number of rotatable bonds is 6. The van der Waals surface area contributed by atoms with Crippen LogP contribution in [-0.2, 0) is 44.7 Å². The summed E-state index contributed by atoms with van der Waals surface area (Å²) >= 11 is 17.8. The number of benzene rings is 1. The molecule has 210 valence electrons. The van der Waals surface area contributed by atoms with E-state index in [2.05, 4.69) is 5.32 Å². The average molecular weight is 595 g/mol. The third-order valence-electron chi connectivity index (χ3n) is 7.12. The third-order valence-corrected chi connectivity index (χ3v) is 7.63. The van der Waals surface area contributed by atoms with Crippen molar-refractivity contribution >= 4 is 52.6 Å². The van der Waals surface area contributed by atoms with E-state index >= 15 is 0 Å². The van der Waals surface area contributed by atoms with Crippen molar-refractivity contribution in [3.05, 3.63) is 35.9 Å². The fraction of sp³-hybridized carbons (Fsp3) is 0.640. The molecule has 2 N–H and O–H groups in total. The van der Waals surface area contributed by atoms with Crippen LogP contribution in [-0.4, -0.2) is 74.7 Å². The fourth-order valence-electron chi connectivity index (χ4n) is 5.58. The molecule has 1 saturated carbocycles. The number of halogens is 3. The van der Waals surface area contributed by atoms with Crippen molar-refractivity contribution in [1.29, 1.82) is 0 Å². The summed E-state index contributed by atoms with van der Waals surface area (Å²) in [6.07, 6.45) is -5.13. The number of fused-ring (bicyclic) bond motifs is 2. The molecule has 0 radical (unpaired) electrons. The highest BCUT2D eigenvalue weighted by Gasteiger charge is 2.73. The van der Waals surface area contributed by atoms with Gasteiger partial charge in [-0.25, -0.2) is 4.79 Å². The van der Waals surface area contributed by atoms with Crippen molar-refractivity contribution in [1.82, 2.24) is 5.32 Å². The molecule has 4 rings (SSSR count). The number of esters is 2. The molecule has 2 heterocycles. The quantitative estimate of drug-likeness (QED) is 0.377. The number of hydrogen-bond donors (Lipinski definition) is 2. The van der Waals surface area contributed by atoms with Crippen LogP contribution < -0.4 is 5.32 Å². The van der Waals surface area contributed by atoms with Gasteiger partial charge >= 0.3 is 11.9 Å². The lowest BCUT2D eigenvalue weighted by atomic mass is 9.58. The van der Waals surface area contributed by atoms with Gasteiger partial charge in [-0.3, -0.25) is 9.59 Å². The molecule has 3 fully saturated rings. The maximum absolute atomic E-state index is 13.4. The molecule has 2 bridgehead atoms.